The Labute approximate surface area is 132 Å². The zero-order valence-corrected chi connectivity index (χ0v) is 12.6. The molecule has 1 saturated carbocycles. The standard InChI is InChI=1S/C16H21F3N2O2/c17-16(18,19)12-3-1-2-10(8-12)6-7-21-15(23)11-4-5-14(22)13(20)9-11/h1-3,8,11,13-14,22H,4-7,9,20H2,(H,21,23)/t11-,13+,14+/m0/s1. The van der Waals surface area contributed by atoms with Gasteiger partial charge >= 0.3 is 6.18 Å². The fourth-order valence-electron chi connectivity index (χ4n) is 2.81. The second kappa shape index (κ2) is 7.31. The van der Waals surface area contributed by atoms with Gasteiger partial charge in [-0.25, -0.2) is 0 Å². The number of halogens is 3. The lowest BCUT2D eigenvalue weighted by atomic mass is 9.83. The third-order valence-electron chi connectivity index (χ3n) is 4.20. The van der Waals surface area contributed by atoms with Gasteiger partial charge in [0.05, 0.1) is 11.7 Å². The first-order chi connectivity index (χ1) is 10.8. The Hall–Kier alpha value is -1.60. The van der Waals surface area contributed by atoms with E-state index in [0.29, 0.717) is 31.2 Å². The molecule has 0 aromatic heterocycles. The number of aliphatic hydroxyl groups is 1. The van der Waals surface area contributed by atoms with Gasteiger partial charge in [0.1, 0.15) is 0 Å². The van der Waals surface area contributed by atoms with Crippen LogP contribution in [0.15, 0.2) is 24.3 Å². The van der Waals surface area contributed by atoms with Gasteiger partial charge in [0.2, 0.25) is 5.91 Å². The minimum Gasteiger partial charge on any atom is -0.392 e. The van der Waals surface area contributed by atoms with Crippen LogP contribution in [0.5, 0.6) is 0 Å². The molecule has 1 amide bonds. The van der Waals surface area contributed by atoms with Crippen LogP contribution in [0.3, 0.4) is 0 Å². The first-order valence-electron chi connectivity index (χ1n) is 7.65. The van der Waals surface area contributed by atoms with Crippen molar-refractivity contribution in [3.05, 3.63) is 35.4 Å². The molecule has 3 atom stereocenters. The summed E-state index contributed by atoms with van der Waals surface area (Å²) in [6.45, 7) is 0.272. The van der Waals surface area contributed by atoms with Gasteiger partial charge < -0.3 is 16.2 Å². The normalized spacial score (nSPS) is 25.2. The number of benzene rings is 1. The lowest BCUT2D eigenvalue weighted by Crippen LogP contribution is -2.45. The maximum atomic E-state index is 12.6. The summed E-state index contributed by atoms with van der Waals surface area (Å²) in [5, 5.41) is 12.3. The highest BCUT2D eigenvalue weighted by Crippen LogP contribution is 2.29. The summed E-state index contributed by atoms with van der Waals surface area (Å²) >= 11 is 0. The number of nitrogens with two attached hydrogens (primary N) is 1. The van der Waals surface area contributed by atoms with E-state index in [4.69, 9.17) is 5.73 Å². The fourth-order valence-corrected chi connectivity index (χ4v) is 2.81. The summed E-state index contributed by atoms with van der Waals surface area (Å²) in [6, 6.07) is 4.69. The van der Waals surface area contributed by atoms with E-state index in [-0.39, 0.29) is 18.4 Å². The van der Waals surface area contributed by atoms with Crippen LogP contribution < -0.4 is 11.1 Å². The van der Waals surface area contributed by atoms with E-state index in [9.17, 15) is 23.1 Å². The number of rotatable bonds is 4. The Bertz CT molecular complexity index is 548. The van der Waals surface area contributed by atoms with Gasteiger partial charge in [-0.15, -0.1) is 0 Å². The monoisotopic (exact) mass is 330 g/mol. The average molecular weight is 330 g/mol. The van der Waals surface area contributed by atoms with E-state index in [1.807, 2.05) is 0 Å². The molecule has 0 spiro atoms. The molecule has 23 heavy (non-hydrogen) atoms. The lowest BCUT2D eigenvalue weighted by molar-refractivity contribution is -0.137. The first kappa shape index (κ1) is 17.7. The molecule has 128 valence electrons. The largest absolute Gasteiger partial charge is 0.416 e. The van der Waals surface area contributed by atoms with Crippen LogP contribution in [-0.4, -0.2) is 29.7 Å². The maximum absolute atomic E-state index is 12.6. The molecule has 4 N–H and O–H groups in total. The molecule has 0 heterocycles. The van der Waals surface area contributed by atoms with E-state index in [1.165, 1.54) is 6.07 Å². The number of alkyl halides is 3. The molecule has 4 nitrogen and oxygen atoms in total. The van der Waals surface area contributed by atoms with Crippen LogP contribution in [0.4, 0.5) is 13.2 Å². The average Bonchev–Trinajstić information content (AvgIpc) is 2.49. The number of carbonyl (C=O) groups excluding carboxylic acids is 1. The Morgan fingerprint density at radius 2 is 2.09 bits per heavy atom. The van der Waals surface area contributed by atoms with Gasteiger partial charge in [0.15, 0.2) is 0 Å². The molecule has 1 fully saturated rings. The third-order valence-corrected chi connectivity index (χ3v) is 4.20. The van der Waals surface area contributed by atoms with Crippen molar-refractivity contribution in [2.45, 2.75) is 44.0 Å². The van der Waals surface area contributed by atoms with Gasteiger partial charge in [-0.1, -0.05) is 18.2 Å². The molecule has 7 heteroatoms. The number of carbonyl (C=O) groups is 1. The molecular weight excluding hydrogens is 309 g/mol. The van der Waals surface area contributed by atoms with E-state index in [0.717, 1.165) is 12.1 Å². The predicted molar refractivity (Wildman–Crippen MR) is 79.5 cm³/mol. The highest BCUT2D eigenvalue weighted by Gasteiger charge is 2.31. The predicted octanol–water partition coefficient (Wildman–Crippen LogP) is 1.85. The van der Waals surface area contributed by atoms with Crippen molar-refractivity contribution in [1.82, 2.24) is 5.32 Å². The fraction of sp³-hybridized carbons (Fsp3) is 0.562. The zero-order valence-electron chi connectivity index (χ0n) is 12.6. The summed E-state index contributed by atoms with van der Waals surface area (Å²) in [7, 11) is 0. The van der Waals surface area contributed by atoms with Crippen LogP contribution in [0, 0.1) is 5.92 Å². The zero-order chi connectivity index (χ0) is 17.0. The number of aliphatic hydroxyl groups excluding tert-OH is 1. The van der Waals surface area contributed by atoms with E-state index in [1.54, 1.807) is 6.07 Å². The summed E-state index contributed by atoms with van der Waals surface area (Å²) in [5.74, 6) is -0.394. The van der Waals surface area contributed by atoms with Crippen LogP contribution in [0.2, 0.25) is 0 Å². The van der Waals surface area contributed by atoms with Gasteiger partial charge in [-0.3, -0.25) is 4.79 Å². The summed E-state index contributed by atoms with van der Waals surface area (Å²) < 4.78 is 37.9. The summed E-state index contributed by atoms with van der Waals surface area (Å²) in [5.41, 5.74) is 5.58. The second-order valence-electron chi connectivity index (χ2n) is 5.98. The van der Waals surface area contributed by atoms with Crippen molar-refractivity contribution in [3.8, 4) is 0 Å². The molecule has 2 rings (SSSR count). The minimum absolute atomic E-state index is 0.153. The number of hydrogen-bond acceptors (Lipinski definition) is 3. The molecule has 0 saturated heterocycles. The molecule has 1 aromatic carbocycles. The summed E-state index contributed by atoms with van der Waals surface area (Å²) in [6.07, 6.45) is -3.10. The first-order valence-corrected chi connectivity index (χ1v) is 7.65. The molecule has 0 radical (unpaired) electrons. The van der Waals surface area contributed by atoms with E-state index >= 15 is 0 Å². The van der Waals surface area contributed by atoms with Crippen molar-refractivity contribution < 1.29 is 23.1 Å². The van der Waals surface area contributed by atoms with Crippen LogP contribution in [0.1, 0.15) is 30.4 Å². The van der Waals surface area contributed by atoms with Crippen LogP contribution in [0.25, 0.3) is 0 Å². The molecule has 0 unspecified atom stereocenters. The lowest BCUT2D eigenvalue weighted by Gasteiger charge is -2.30. The Kier molecular flexibility index (Phi) is 5.64. The van der Waals surface area contributed by atoms with Crippen molar-refractivity contribution in [3.63, 3.8) is 0 Å². The molecular formula is C16H21F3N2O2. The van der Waals surface area contributed by atoms with Gasteiger partial charge in [-0.2, -0.15) is 13.2 Å². The SMILES string of the molecule is N[C@@H]1C[C@@H](C(=O)NCCc2cccc(C(F)(F)F)c2)CC[C@H]1O. The minimum atomic E-state index is -4.36. The quantitative estimate of drug-likeness (QED) is 0.789. The van der Waals surface area contributed by atoms with Crippen molar-refractivity contribution >= 4 is 5.91 Å². The van der Waals surface area contributed by atoms with Crippen molar-refractivity contribution in [2.75, 3.05) is 6.54 Å². The molecule has 1 aliphatic rings. The van der Waals surface area contributed by atoms with Crippen LogP contribution >= 0.6 is 0 Å². The van der Waals surface area contributed by atoms with Gasteiger partial charge in [0.25, 0.3) is 0 Å². The Morgan fingerprint density at radius 3 is 2.74 bits per heavy atom. The molecule has 0 aliphatic heterocycles. The highest BCUT2D eigenvalue weighted by atomic mass is 19.4. The topological polar surface area (TPSA) is 75.4 Å². The van der Waals surface area contributed by atoms with Crippen molar-refractivity contribution in [2.24, 2.45) is 11.7 Å². The Balaban J connectivity index is 1.82. The van der Waals surface area contributed by atoms with Gasteiger partial charge in [-0.05, 0) is 37.3 Å². The van der Waals surface area contributed by atoms with Crippen molar-refractivity contribution in [1.29, 1.82) is 0 Å². The van der Waals surface area contributed by atoms with E-state index in [2.05, 4.69) is 5.32 Å². The van der Waals surface area contributed by atoms with Gasteiger partial charge in [0, 0.05) is 18.5 Å². The smallest absolute Gasteiger partial charge is 0.392 e. The third kappa shape index (κ3) is 4.94. The maximum Gasteiger partial charge on any atom is 0.416 e. The van der Waals surface area contributed by atoms with E-state index < -0.39 is 23.9 Å². The summed E-state index contributed by atoms with van der Waals surface area (Å²) in [4.78, 5) is 12.0. The molecule has 1 aliphatic carbocycles. The highest BCUT2D eigenvalue weighted by molar-refractivity contribution is 5.78. The number of nitrogens with one attached hydrogen (secondary N) is 1. The molecule has 0 bridgehead atoms. The number of amides is 1. The van der Waals surface area contributed by atoms with Crippen LogP contribution in [-0.2, 0) is 17.4 Å². The Morgan fingerprint density at radius 1 is 1.35 bits per heavy atom. The molecule has 1 aromatic rings. The number of hydrogen-bond donors (Lipinski definition) is 3. The second-order valence-corrected chi connectivity index (χ2v) is 5.98.